The van der Waals surface area contributed by atoms with E-state index in [-0.39, 0.29) is 17.3 Å². The Morgan fingerprint density at radius 3 is 2.48 bits per heavy atom. The average Bonchev–Trinajstić information content (AvgIpc) is 2.44. The highest BCUT2D eigenvalue weighted by molar-refractivity contribution is 7.89. The molecule has 1 aromatic heterocycles. The van der Waals surface area contributed by atoms with Crippen LogP contribution in [0.2, 0.25) is 0 Å². The van der Waals surface area contributed by atoms with Crippen LogP contribution in [0.15, 0.2) is 23.2 Å². The van der Waals surface area contributed by atoms with E-state index in [0.29, 0.717) is 0 Å². The molecule has 1 aromatic rings. The van der Waals surface area contributed by atoms with Gasteiger partial charge < -0.3 is 9.84 Å². The molecule has 0 aliphatic heterocycles. The summed E-state index contributed by atoms with van der Waals surface area (Å²) < 4.78 is 65.6. The fourth-order valence-electron chi connectivity index (χ4n) is 1.50. The Kier molecular flexibility index (Phi) is 5.94. The summed E-state index contributed by atoms with van der Waals surface area (Å²) in [5, 5.41) is 8.79. The van der Waals surface area contributed by atoms with Crippen molar-refractivity contribution in [3.63, 3.8) is 0 Å². The van der Waals surface area contributed by atoms with E-state index in [1.165, 1.54) is 14.0 Å². The van der Waals surface area contributed by atoms with Crippen LogP contribution in [0.1, 0.15) is 6.92 Å². The second kappa shape index (κ2) is 7.13. The first-order valence-electron chi connectivity index (χ1n) is 6.28. The lowest BCUT2D eigenvalue weighted by Crippen LogP contribution is -2.33. The van der Waals surface area contributed by atoms with Gasteiger partial charge in [-0.15, -0.1) is 0 Å². The highest BCUT2D eigenvalue weighted by Gasteiger charge is 2.29. The third kappa shape index (κ3) is 5.67. The summed E-state index contributed by atoms with van der Waals surface area (Å²) in [6.07, 6.45) is -3.68. The molecule has 23 heavy (non-hydrogen) atoms. The molecule has 7 nitrogen and oxygen atoms in total. The molecule has 1 rings (SSSR count). The van der Waals surface area contributed by atoms with Gasteiger partial charge in [0, 0.05) is 19.7 Å². The van der Waals surface area contributed by atoms with Crippen molar-refractivity contribution >= 4 is 16.0 Å². The third-order valence-electron chi connectivity index (χ3n) is 2.75. The third-order valence-corrected chi connectivity index (χ3v) is 4.56. The lowest BCUT2D eigenvalue weighted by molar-refractivity contribution is -0.154. The number of aromatic nitrogens is 1. The highest BCUT2D eigenvalue weighted by Crippen LogP contribution is 2.20. The molecule has 0 aliphatic carbocycles. The largest absolute Gasteiger partial charge is 0.481 e. The Bertz CT molecular complexity index is 646. The predicted octanol–water partition coefficient (Wildman–Crippen LogP) is 1.36. The van der Waals surface area contributed by atoms with Crippen molar-refractivity contribution in [2.45, 2.75) is 18.0 Å². The second-order valence-electron chi connectivity index (χ2n) is 4.76. The van der Waals surface area contributed by atoms with Gasteiger partial charge in [0.25, 0.3) is 0 Å². The quantitative estimate of drug-likeness (QED) is 0.792. The first kappa shape index (κ1) is 19.2. The van der Waals surface area contributed by atoms with Crippen LogP contribution in [0.25, 0.3) is 0 Å². The molecule has 1 N–H and O–H groups in total. The van der Waals surface area contributed by atoms with Crippen molar-refractivity contribution in [3.8, 4) is 5.88 Å². The molecular formula is C12H15F3N2O5S. The number of aliphatic carboxylic acids is 1. The Balaban J connectivity index is 2.83. The summed E-state index contributed by atoms with van der Waals surface area (Å²) in [5.41, 5.74) is 0. The van der Waals surface area contributed by atoms with E-state index in [1.807, 2.05) is 0 Å². The standard InChI is InChI=1S/C12H15F3N2O5S/c1-8(11(18)19)6-17(2)23(20,21)9-3-4-10(16-5-9)22-7-12(13,14)15/h3-5,8H,6-7H2,1-2H3,(H,18,19). The Hall–Kier alpha value is -1.88. The number of carboxylic acids is 1. The summed E-state index contributed by atoms with van der Waals surface area (Å²) in [7, 11) is -2.80. The van der Waals surface area contributed by atoms with Crippen molar-refractivity contribution in [2.24, 2.45) is 5.92 Å². The zero-order valence-corrected chi connectivity index (χ0v) is 13.1. The molecule has 1 atom stereocenters. The maximum Gasteiger partial charge on any atom is 0.422 e. The van der Waals surface area contributed by atoms with Gasteiger partial charge in [0.05, 0.1) is 12.1 Å². The summed E-state index contributed by atoms with van der Waals surface area (Å²) >= 11 is 0. The maximum atomic E-state index is 12.2. The van der Waals surface area contributed by atoms with Gasteiger partial charge >= 0.3 is 12.1 Å². The second-order valence-corrected chi connectivity index (χ2v) is 6.81. The van der Waals surface area contributed by atoms with Gasteiger partial charge in [-0.05, 0) is 6.07 Å². The van der Waals surface area contributed by atoms with E-state index in [1.54, 1.807) is 0 Å². The minimum Gasteiger partial charge on any atom is -0.481 e. The van der Waals surface area contributed by atoms with Crippen molar-refractivity contribution in [2.75, 3.05) is 20.2 Å². The minimum atomic E-state index is -4.53. The normalized spacial score (nSPS) is 13.8. The molecule has 0 bridgehead atoms. The zero-order valence-electron chi connectivity index (χ0n) is 12.2. The van der Waals surface area contributed by atoms with Crippen molar-refractivity contribution in [3.05, 3.63) is 18.3 Å². The van der Waals surface area contributed by atoms with Crippen molar-refractivity contribution < 1.29 is 36.2 Å². The lowest BCUT2D eigenvalue weighted by Gasteiger charge is -2.19. The van der Waals surface area contributed by atoms with Crippen LogP contribution in [-0.2, 0) is 14.8 Å². The van der Waals surface area contributed by atoms with Gasteiger partial charge in [0.2, 0.25) is 15.9 Å². The van der Waals surface area contributed by atoms with Gasteiger partial charge in [-0.2, -0.15) is 13.2 Å². The van der Waals surface area contributed by atoms with Crippen LogP contribution in [0.3, 0.4) is 0 Å². The van der Waals surface area contributed by atoms with Gasteiger partial charge in [0.15, 0.2) is 6.61 Å². The molecule has 11 heteroatoms. The summed E-state index contributed by atoms with van der Waals surface area (Å²) in [5.74, 6) is -2.44. The van der Waals surface area contributed by atoms with E-state index < -0.39 is 34.7 Å². The van der Waals surface area contributed by atoms with Crippen LogP contribution in [0, 0.1) is 5.92 Å². The number of sulfonamides is 1. The molecule has 0 saturated heterocycles. The smallest absolute Gasteiger partial charge is 0.422 e. The molecule has 0 fully saturated rings. The molecular weight excluding hydrogens is 341 g/mol. The van der Waals surface area contributed by atoms with Crippen LogP contribution in [0.4, 0.5) is 13.2 Å². The molecule has 1 heterocycles. The van der Waals surface area contributed by atoms with Gasteiger partial charge in [-0.25, -0.2) is 17.7 Å². The van der Waals surface area contributed by atoms with E-state index in [4.69, 9.17) is 5.11 Å². The fraction of sp³-hybridized carbons (Fsp3) is 0.500. The van der Waals surface area contributed by atoms with E-state index >= 15 is 0 Å². The zero-order chi connectivity index (χ0) is 17.8. The van der Waals surface area contributed by atoms with E-state index in [0.717, 1.165) is 22.6 Å². The maximum absolute atomic E-state index is 12.2. The summed E-state index contributed by atoms with van der Waals surface area (Å²) in [6.45, 7) is -0.452. The number of pyridine rings is 1. The van der Waals surface area contributed by atoms with Crippen LogP contribution < -0.4 is 4.74 Å². The minimum absolute atomic E-state index is 0.260. The number of halogens is 3. The van der Waals surface area contributed by atoms with Gasteiger partial charge in [-0.3, -0.25) is 4.79 Å². The Labute approximate surface area is 130 Å². The fourth-order valence-corrected chi connectivity index (χ4v) is 2.71. The Morgan fingerprint density at radius 1 is 1.43 bits per heavy atom. The van der Waals surface area contributed by atoms with Crippen LogP contribution in [-0.4, -0.2) is 55.2 Å². The lowest BCUT2D eigenvalue weighted by atomic mass is 10.2. The topological polar surface area (TPSA) is 96.8 Å². The van der Waals surface area contributed by atoms with Crippen molar-refractivity contribution in [1.29, 1.82) is 0 Å². The number of hydrogen-bond acceptors (Lipinski definition) is 5. The average molecular weight is 356 g/mol. The molecule has 0 radical (unpaired) electrons. The van der Waals surface area contributed by atoms with Gasteiger partial charge in [-0.1, -0.05) is 6.92 Å². The molecule has 0 amide bonds. The number of carboxylic acid groups (broad SMARTS) is 1. The number of alkyl halides is 3. The molecule has 0 aliphatic rings. The number of ether oxygens (including phenoxy) is 1. The first-order chi connectivity index (χ1) is 10.4. The van der Waals surface area contributed by atoms with Crippen LogP contribution >= 0.6 is 0 Å². The van der Waals surface area contributed by atoms with E-state index in [2.05, 4.69) is 9.72 Å². The number of hydrogen-bond donors (Lipinski definition) is 1. The summed E-state index contributed by atoms with van der Waals surface area (Å²) in [4.78, 5) is 14.0. The number of carbonyl (C=O) groups is 1. The summed E-state index contributed by atoms with van der Waals surface area (Å²) in [6, 6.07) is 2.03. The van der Waals surface area contributed by atoms with Crippen LogP contribution in [0.5, 0.6) is 5.88 Å². The van der Waals surface area contributed by atoms with Crippen molar-refractivity contribution in [1.82, 2.24) is 9.29 Å². The highest BCUT2D eigenvalue weighted by atomic mass is 32.2. The molecule has 1 unspecified atom stereocenters. The van der Waals surface area contributed by atoms with E-state index in [9.17, 15) is 26.4 Å². The first-order valence-corrected chi connectivity index (χ1v) is 7.72. The molecule has 0 saturated carbocycles. The monoisotopic (exact) mass is 356 g/mol. The number of rotatable bonds is 7. The molecule has 0 spiro atoms. The SMILES string of the molecule is CC(CN(C)S(=O)(=O)c1ccc(OCC(F)(F)F)nc1)C(=O)O. The predicted molar refractivity (Wildman–Crippen MR) is 72.4 cm³/mol. The van der Waals surface area contributed by atoms with Gasteiger partial charge in [0.1, 0.15) is 4.90 Å². The number of nitrogens with zero attached hydrogens (tertiary/aromatic N) is 2. The molecule has 0 aromatic carbocycles. The molecule has 130 valence electrons. The Morgan fingerprint density at radius 2 is 2.04 bits per heavy atom.